The van der Waals surface area contributed by atoms with Gasteiger partial charge in [-0.15, -0.1) is 0 Å². The van der Waals surface area contributed by atoms with Gasteiger partial charge in [-0.25, -0.2) is 4.98 Å². The van der Waals surface area contributed by atoms with Crippen molar-refractivity contribution >= 4 is 17.3 Å². The second-order valence-electron chi connectivity index (χ2n) is 2.05. The molecule has 0 atom stereocenters. The molecule has 1 rings (SSSR count). The summed E-state index contributed by atoms with van der Waals surface area (Å²) >= 11 is 5.45. The van der Waals surface area contributed by atoms with Gasteiger partial charge in [-0.05, 0) is 6.92 Å². The summed E-state index contributed by atoms with van der Waals surface area (Å²) in [6.07, 6.45) is 1.38. The van der Waals surface area contributed by atoms with Crippen molar-refractivity contribution in [2.24, 2.45) is 0 Å². The lowest BCUT2D eigenvalue weighted by Gasteiger charge is -1.94. The fourth-order valence-corrected chi connectivity index (χ4v) is 0.837. The van der Waals surface area contributed by atoms with Crippen LogP contribution in [0.5, 0.6) is 0 Å². The number of pyridine rings is 1. The van der Waals surface area contributed by atoms with Crippen molar-refractivity contribution in [2.75, 3.05) is 0 Å². The Balaban J connectivity index is 0.00000121. The standard InChI is InChI=1S/C6H5ClN2O2.H3N/c1-4-3-8-6(7)2-5(4)9(10)11;/h2-3H,1H3;1H3. The van der Waals surface area contributed by atoms with Gasteiger partial charge in [0.25, 0.3) is 5.69 Å². The van der Waals surface area contributed by atoms with Gasteiger partial charge in [-0.3, -0.25) is 10.1 Å². The monoisotopic (exact) mass is 189 g/mol. The molecule has 0 aliphatic heterocycles. The van der Waals surface area contributed by atoms with Gasteiger partial charge in [0.05, 0.1) is 11.0 Å². The smallest absolute Gasteiger partial charge is 0.276 e. The van der Waals surface area contributed by atoms with Crippen LogP contribution in [0.15, 0.2) is 12.3 Å². The highest BCUT2D eigenvalue weighted by atomic mass is 35.5. The zero-order valence-corrected chi connectivity index (χ0v) is 7.21. The highest BCUT2D eigenvalue weighted by molar-refractivity contribution is 6.29. The van der Waals surface area contributed by atoms with Crippen LogP contribution in [0, 0.1) is 17.0 Å². The maximum absolute atomic E-state index is 10.3. The van der Waals surface area contributed by atoms with E-state index in [-0.39, 0.29) is 17.0 Å². The summed E-state index contributed by atoms with van der Waals surface area (Å²) in [6.45, 7) is 1.61. The Morgan fingerprint density at radius 2 is 2.25 bits per heavy atom. The number of hydrogen-bond donors (Lipinski definition) is 1. The van der Waals surface area contributed by atoms with Gasteiger partial charge >= 0.3 is 0 Å². The summed E-state index contributed by atoms with van der Waals surface area (Å²) in [5.74, 6) is 0. The molecule has 5 nitrogen and oxygen atoms in total. The molecular formula is C6H8ClN3O2. The van der Waals surface area contributed by atoms with Gasteiger partial charge in [-0.2, -0.15) is 0 Å². The van der Waals surface area contributed by atoms with Gasteiger partial charge in [0.15, 0.2) is 0 Å². The number of aromatic nitrogens is 1. The summed E-state index contributed by atoms with van der Waals surface area (Å²) in [6, 6.07) is 1.23. The van der Waals surface area contributed by atoms with Gasteiger partial charge in [0, 0.05) is 11.8 Å². The Morgan fingerprint density at radius 1 is 1.67 bits per heavy atom. The van der Waals surface area contributed by atoms with Crippen LogP contribution >= 0.6 is 11.6 Å². The quantitative estimate of drug-likeness (QED) is 0.416. The molecule has 1 aromatic rings. The zero-order chi connectivity index (χ0) is 8.43. The predicted octanol–water partition coefficient (Wildman–Crippen LogP) is 2.11. The molecule has 1 heterocycles. The van der Waals surface area contributed by atoms with E-state index < -0.39 is 4.92 Å². The second-order valence-corrected chi connectivity index (χ2v) is 2.44. The molecular weight excluding hydrogens is 182 g/mol. The van der Waals surface area contributed by atoms with Crippen molar-refractivity contribution in [1.82, 2.24) is 11.1 Å². The Morgan fingerprint density at radius 3 is 2.67 bits per heavy atom. The molecule has 0 fully saturated rings. The lowest BCUT2D eigenvalue weighted by Crippen LogP contribution is -1.92. The molecule has 3 N–H and O–H groups in total. The van der Waals surface area contributed by atoms with Crippen LogP contribution in [0.4, 0.5) is 5.69 Å². The van der Waals surface area contributed by atoms with Crippen LogP contribution in [-0.2, 0) is 0 Å². The van der Waals surface area contributed by atoms with Crippen LogP contribution in [0.2, 0.25) is 5.15 Å². The van der Waals surface area contributed by atoms with E-state index in [0.717, 1.165) is 0 Å². The van der Waals surface area contributed by atoms with Crippen molar-refractivity contribution in [1.29, 1.82) is 0 Å². The molecule has 0 saturated heterocycles. The average Bonchev–Trinajstić information content (AvgIpc) is 1.94. The van der Waals surface area contributed by atoms with E-state index in [0.29, 0.717) is 5.56 Å². The predicted molar refractivity (Wildman–Crippen MR) is 45.7 cm³/mol. The summed E-state index contributed by atoms with van der Waals surface area (Å²) in [5, 5.41) is 10.4. The summed E-state index contributed by atoms with van der Waals surface area (Å²) in [4.78, 5) is 13.5. The summed E-state index contributed by atoms with van der Waals surface area (Å²) in [7, 11) is 0. The molecule has 0 spiro atoms. The molecule has 0 radical (unpaired) electrons. The first-order chi connectivity index (χ1) is 5.11. The molecule has 0 bridgehead atoms. The Labute approximate surface area is 74.1 Å². The Kier molecular flexibility index (Phi) is 3.59. The van der Waals surface area contributed by atoms with Gasteiger partial charge in [-0.1, -0.05) is 11.6 Å². The maximum atomic E-state index is 10.3. The Bertz CT molecular complexity index is 303. The molecule has 0 unspecified atom stereocenters. The van der Waals surface area contributed by atoms with E-state index in [1.54, 1.807) is 6.92 Å². The summed E-state index contributed by atoms with van der Waals surface area (Å²) in [5.41, 5.74) is 0.518. The fourth-order valence-electron chi connectivity index (χ4n) is 0.685. The molecule has 0 amide bonds. The SMILES string of the molecule is Cc1cnc(Cl)cc1[N+](=O)[O-].N. The lowest BCUT2D eigenvalue weighted by atomic mass is 10.3. The minimum Gasteiger partial charge on any atom is -0.344 e. The third kappa shape index (κ3) is 2.14. The highest BCUT2D eigenvalue weighted by Gasteiger charge is 2.10. The first kappa shape index (κ1) is 10.8. The van der Waals surface area contributed by atoms with Crippen LogP contribution in [-0.4, -0.2) is 9.91 Å². The van der Waals surface area contributed by atoms with Crippen LogP contribution in [0.25, 0.3) is 0 Å². The van der Waals surface area contributed by atoms with E-state index >= 15 is 0 Å². The maximum Gasteiger partial charge on any atom is 0.276 e. The topological polar surface area (TPSA) is 91.0 Å². The molecule has 0 aliphatic rings. The highest BCUT2D eigenvalue weighted by Crippen LogP contribution is 2.19. The van der Waals surface area contributed by atoms with E-state index in [1.807, 2.05) is 0 Å². The number of halogens is 1. The second kappa shape index (κ2) is 3.99. The molecule has 0 aliphatic carbocycles. The number of hydrogen-bond acceptors (Lipinski definition) is 4. The van der Waals surface area contributed by atoms with Crippen molar-refractivity contribution in [2.45, 2.75) is 6.92 Å². The number of nitro groups is 1. The van der Waals surface area contributed by atoms with Gasteiger partial charge < -0.3 is 6.15 Å². The molecule has 66 valence electrons. The zero-order valence-electron chi connectivity index (χ0n) is 6.45. The van der Waals surface area contributed by atoms with Crippen molar-refractivity contribution in [3.8, 4) is 0 Å². The van der Waals surface area contributed by atoms with E-state index in [9.17, 15) is 10.1 Å². The molecule has 12 heavy (non-hydrogen) atoms. The van der Waals surface area contributed by atoms with Crippen molar-refractivity contribution < 1.29 is 4.92 Å². The fraction of sp³-hybridized carbons (Fsp3) is 0.167. The number of nitrogens with zero attached hydrogens (tertiary/aromatic N) is 2. The van der Waals surface area contributed by atoms with E-state index in [1.165, 1.54) is 12.3 Å². The van der Waals surface area contributed by atoms with Crippen molar-refractivity contribution in [3.05, 3.63) is 33.1 Å². The number of rotatable bonds is 1. The van der Waals surface area contributed by atoms with Gasteiger partial charge in [0.1, 0.15) is 5.15 Å². The first-order valence-corrected chi connectivity index (χ1v) is 3.25. The van der Waals surface area contributed by atoms with Gasteiger partial charge in [0.2, 0.25) is 0 Å². The Hall–Kier alpha value is -1.20. The third-order valence-electron chi connectivity index (χ3n) is 1.24. The number of aryl methyl sites for hydroxylation is 1. The third-order valence-corrected chi connectivity index (χ3v) is 1.44. The van der Waals surface area contributed by atoms with Crippen molar-refractivity contribution in [3.63, 3.8) is 0 Å². The normalized spacial score (nSPS) is 8.83. The lowest BCUT2D eigenvalue weighted by molar-refractivity contribution is -0.385. The molecule has 0 saturated carbocycles. The minimum atomic E-state index is -0.483. The molecule has 6 heteroatoms. The molecule has 0 aromatic carbocycles. The van der Waals surface area contributed by atoms with Crippen LogP contribution in [0.1, 0.15) is 5.56 Å². The van der Waals surface area contributed by atoms with Crippen LogP contribution < -0.4 is 6.15 Å². The average molecular weight is 190 g/mol. The van der Waals surface area contributed by atoms with Crippen LogP contribution in [0.3, 0.4) is 0 Å². The first-order valence-electron chi connectivity index (χ1n) is 2.88. The summed E-state index contributed by atoms with van der Waals surface area (Å²) < 4.78 is 0. The van der Waals surface area contributed by atoms with E-state index in [2.05, 4.69) is 4.98 Å². The molecule has 1 aromatic heterocycles. The van der Waals surface area contributed by atoms with E-state index in [4.69, 9.17) is 11.6 Å². The largest absolute Gasteiger partial charge is 0.344 e. The minimum absolute atomic E-state index is 0.